The number of amides is 1. The Morgan fingerprint density at radius 3 is 2.30 bits per heavy atom. The lowest BCUT2D eigenvalue weighted by Crippen LogP contribution is -2.58. The van der Waals surface area contributed by atoms with Crippen molar-refractivity contribution < 1.29 is 23.1 Å². The number of hydrogen-bond donors (Lipinski definition) is 2. The van der Waals surface area contributed by atoms with E-state index in [0.29, 0.717) is 16.5 Å². The van der Waals surface area contributed by atoms with E-state index in [1.54, 1.807) is 48.2 Å². The summed E-state index contributed by atoms with van der Waals surface area (Å²) in [5.41, 5.74) is 0.443. The fourth-order valence-electron chi connectivity index (χ4n) is 5.61. The summed E-state index contributed by atoms with van der Waals surface area (Å²) in [6.07, 6.45) is 0.339. The van der Waals surface area contributed by atoms with Crippen LogP contribution in [0.15, 0.2) is 83.8 Å². The number of sulfonamides is 1. The lowest BCUT2D eigenvalue weighted by Gasteiger charge is -2.52. The van der Waals surface area contributed by atoms with Crippen LogP contribution in [0.1, 0.15) is 56.2 Å². The number of carbonyl (C=O) groups excluding carboxylic acids is 1. The van der Waals surface area contributed by atoms with Crippen LogP contribution in [0.5, 0.6) is 0 Å². The Hall–Kier alpha value is -2.91. The van der Waals surface area contributed by atoms with Gasteiger partial charge in [0, 0.05) is 28.5 Å². The van der Waals surface area contributed by atoms with Crippen molar-refractivity contribution >= 4 is 45.1 Å². The first-order chi connectivity index (χ1) is 18.9. The predicted octanol–water partition coefficient (Wildman–Crippen LogP) is 6.29. The van der Waals surface area contributed by atoms with Crippen LogP contribution < -0.4 is 4.72 Å². The van der Waals surface area contributed by atoms with Crippen molar-refractivity contribution in [3.8, 4) is 0 Å². The van der Waals surface area contributed by atoms with Crippen LogP contribution in [0.2, 0.25) is 10.0 Å². The second-order valence-corrected chi connectivity index (χ2v) is 13.1. The summed E-state index contributed by atoms with van der Waals surface area (Å²) in [6, 6.07) is 21.5. The van der Waals surface area contributed by atoms with Gasteiger partial charge in [-0.05, 0) is 60.4 Å². The molecule has 1 saturated heterocycles. The molecule has 0 aliphatic carbocycles. The predicted molar refractivity (Wildman–Crippen MR) is 156 cm³/mol. The highest BCUT2D eigenvalue weighted by molar-refractivity contribution is 7.89. The summed E-state index contributed by atoms with van der Waals surface area (Å²) in [4.78, 5) is 28.1. The first kappa shape index (κ1) is 30.1. The molecule has 4 rings (SSSR count). The monoisotopic (exact) mass is 602 g/mol. The van der Waals surface area contributed by atoms with Crippen LogP contribution in [-0.4, -0.2) is 42.9 Å². The molecule has 3 aromatic rings. The molecule has 1 aliphatic rings. The first-order valence-corrected chi connectivity index (χ1v) is 15.3. The lowest BCUT2D eigenvalue weighted by atomic mass is 9.67. The van der Waals surface area contributed by atoms with E-state index in [1.807, 2.05) is 37.3 Å². The van der Waals surface area contributed by atoms with Crippen molar-refractivity contribution in [2.24, 2.45) is 5.41 Å². The number of hydrogen-bond acceptors (Lipinski definition) is 4. The maximum atomic E-state index is 14.3. The molecule has 1 heterocycles. The number of carboxylic acid groups (broad SMARTS) is 1. The zero-order valence-electron chi connectivity index (χ0n) is 22.3. The largest absolute Gasteiger partial charge is 0.481 e. The lowest BCUT2D eigenvalue weighted by molar-refractivity contribution is -0.160. The SMILES string of the molecule is CCC(CNS(=O)(=O)c1ccccc1)N1C(=O)C(C)(CC(=O)O)CC(c2cccc(Cl)c2)C1c1ccc(Cl)cc1. The Balaban J connectivity index is 1.83. The van der Waals surface area contributed by atoms with Crippen LogP contribution in [-0.2, 0) is 19.6 Å². The van der Waals surface area contributed by atoms with Crippen molar-refractivity contribution in [1.29, 1.82) is 0 Å². The fourth-order valence-corrected chi connectivity index (χ4v) is 7.03. The number of halogens is 2. The van der Waals surface area contributed by atoms with Gasteiger partial charge >= 0.3 is 5.97 Å². The van der Waals surface area contributed by atoms with E-state index < -0.39 is 33.5 Å². The molecule has 40 heavy (non-hydrogen) atoms. The summed E-state index contributed by atoms with van der Waals surface area (Å²) in [6.45, 7) is 3.51. The molecule has 4 atom stereocenters. The van der Waals surface area contributed by atoms with Crippen molar-refractivity contribution in [1.82, 2.24) is 9.62 Å². The summed E-state index contributed by atoms with van der Waals surface area (Å²) in [5.74, 6) is -1.73. The van der Waals surface area contributed by atoms with Gasteiger partial charge in [-0.25, -0.2) is 13.1 Å². The van der Waals surface area contributed by atoms with Crippen molar-refractivity contribution in [2.75, 3.05) is 6.54 Å². The van der Waals surface area contributed by atoms with Crippen LogP contribution in [0, 0.1) is 5.41 Å². The van der Waals surface area contributed by atoms with Crippen LogP contribution >= 0.6 is 23.2 Å². The number of nitrogens with one attached hydrogen (secondary N) is 1. The number of carbonyl (C=O) groups is 2. The molecular weight excluding hydrogens is 571 g/mol. The number of rotatable bonds is 10. The molecule has 10 heteroatoms. The molecule has 2 N–H and O–H groups in total. The summed E-state index contributed by atoms with van der Waals surface area (Å²) >= 11 is 12.6. The Morgan fingerprint density at radius 2 is 1.70 bits per heavy atom. The molecule has 0 radical (unpaired) electrons. The van der Waals surface area contributed by atoms with Gasteiger partial charge in [0.05, 0.1) is 22.8 Å². The van der Waals surface area contributed by atoms with Gasteiger partial charge in [0.25, 0.3) is 0 Å². The quantitative estimate of drug-likeness (QED) is 0.284. The smallest absolute Gasteiger partial charge is 0.304 e. The Bertz CT molecular complexity index is 1470. The van der Waals surface area contributed by atoms with Crippen molar-refractivity contribution in [2.45, 2.75) is 56.0 Å². The highest BCUT2D eigenvalue weighted by atomic mass is 35.5. The highest BCUT2D eigenvalue weighted by Crippen LogP contribution is 2.52. The summed E-state index contributed by atoms with van der Waals surface area (Å²) in [7, 11) is -3.85. The molecular formula is C30H32Cl2N2O5S. The standard InChI is InChI=1S/C30H32Cl2N2O5S/c1-3-24(19-33-40(38,39)25-10-5-4-6-11-25)34-28(20-12-14-22(31)15-13-20)26(21-8-7-9-23(32)16-21)17-30(2,29(34)37)18-27(35)36/h4-16,24,26,28,33H,3,17-19H2,1-2H3,(H,35,36). The number of benzene rings is 3. The second-order valence-electron chi connectivity index (χ2n) is 10.4. The van der Waals surface area contributed by atoms with E-state index in [-0.39, 0.29) is 36.1 Å². The number of nitrogens with zero attached hydrogens (tertiary/aromatic N) is 1. The minimum atomic E-state index is -3.85. The third-order valence-electron chi connectivity index (χ3n) is 7.56. The van der Waals surface area contributed by atoms with Gasteiger partial charge in [-0.3, -0.25) is 9.59 Å². The molecule has 1 aliphatic heterocycles. The zero-order chi connectivity index (χ0) is 29.1. The topological polar surface area (TPSA) is 104 Å². The summed E-state index contributed by atoms with van der Waals surface area (Å²) < 4.78 is 28.8. The molecule has 0 bridgehead atoms. The Labute approximate surface area is 245 Å². The minimum absolute atomic E-state index is 0.0467. The fraction of sp³-hybridized carbons (Fsp3) is 0.333. The molecule has 1 amide bonds. The zero-order valence-corrected chi connectivity index (χ0v) is 24.6. The molecule has 1 fully saturated rings. The molecule has 0 aromatic heterocycles. The maximum Gasteiger partial charge on any atom is 0.304 e. The number of aliphatic carboxylic acids is 1. The van der Waals surface area contributed by atoms with Crippen LogP contribution in [0.4, 0.5) is 0 Å². The number of piperidine rings is 1. The average Bonchev–Trinajstić information content (AvgIpc) is 2.92. The number of likely N-dealkylation sites (tertiary alicyclic amines) is 1. The highest BCUT2D eigenvalue weighted by Gasteiger charge is 2.52. The molecule has 4 unspecified atom stereocenters. The van der Waals surface area contributed by atoms with E-state index >= 15 is 0 Å². The molecule has 3 aromatic carbocycles. The van der Waals surface area contributed by atoms with Gasteiger partial charge < -0.3 is 10.0 Å². The first-order valence-electron chi connectivity index (χ1n) is 13.1. The van der Waals surface area contributed by atoms with Gasteiger partial charge in [-0.1, -0.05) is 79.5 Å². The second kappa shape index (κ2) is 12.3. The van der Waals surface area contributed by atoms with Gasteiger partial charge in [0.2, 0.25) is 15.9 Å². The molecule has 0 spiro atoms. The normalized spacial score (nSPS) is 22.2. The number of carboxylic acids is 1. The van der Waals surface area contributed by atoms with Crippen molar-refractivity contribution in [3.05, 3.63) is 100 Å². The third kappa shape index (κ3) is 6.52. The van der Waals surface area contributed by atoms with Gasteiger partial charge in [-0.15, -0.1) is 0 Å². The van der Waals surface area contributed by atoms with E-state index in [1.165, 1.54) is 12.1 Å². The van der Waals surface area contributed by atoms with Gasteiger partial charge in [0.15, 0.2) is 0 Å². The van der Waals surface area contributed by atoms with E-state index in [9.17, 15) is 23.1 Å². The van der Waals surface area contributed by atoms with E-state index in [4.69, 9.17) is 23.2 Å². The molecule has 212 valence electrons. The van der Waals surface area contributed by atoms with Crippen LogP contribution in [0.25, 0.3) is 0 Å². The Morgan fingerprint density at radius 1 is 1.02 bits per heavy atom. The van der Waals surface area contributed by atoms with E-state index in [0.717, 1.165) is 11.1 Å². The van der Waals surface area contributed by atoms with Gasteiger partial charge in [0.1, 0.15) is 0 Å². The van der Waals surface area contributed by atoms with Crippen molar-refractivity contribution in [3.63, 3.8) is 0 Å². The average molecular weight is 604 g/mol. The summed E-state index contributed by atoms with van der Waals surface area (Å²) in [5, 5.41) is 10.8. The third-order valence-corrected chi connectivity index (χ3v) is 9.49. The van der Waals surface area contributed by atoms with E-state index in [2.05, 4.69) is 4.72 Å². The minimum Gasteiger partial charge on any atom is -0.481 e. The molecule has 0 saturated carbocycles. The Kier molecular flexibility index (Phi) is 9.25. The maximum absolute atomic E-state index is 14.3. The molecule has 7 nitrogen and oxygen atoms in total. The van der Waals surface area contributed by atoms with Gasteiger partial charge in [-0.2, -0.15) is 0 Å². The van der Waals surface area contributed by atoms with Crippen LogP contribution in [0.3, 0.4) is 0 Å².